The van der Waals surface area contributed by atoms with Gasteiger partial charge in [0.25, 0.3) is 0 Å². The summed E-state index contributed by atoms with van der Waals surface area (Å²) >= 11 is 14.1. The van der Waals surface area contributed by atoms with Crippen molar-refractivity contribution in [1.82, 2.24) is 10.2 Å². The maximum atomic E-state index is 13.7. The molecule has 1 N–H and O–H groups in total. The van der Waals surface area contributed by atoms with Gasteiger partial charge in [-0.15, -0.1) is 11.8 Å². The summed E-state index contributed by atoms with van der Waals surface area (Å²) in [6, 6.07) is 22.6. The molecule has 1 atom stereocenters. The molecule has 3 aromatic carbocycles. The molecule has 0 aliphatic carbocycles. The van der Waals surface area contributed by atoms with Crippen LogP contribution in [0.1, 0.15) is 35.6 Å². The lowest BCUT2D eigenvalue weighted by Crippen LogP contribution is -2.51. The van der Waals surface area contributed by atoms with Gasteiger partial charge in [0.1, 0.15) is 6.04 Å². The fourth-order valence-corrected chi connectivity index (χ4v) is 5.53. The zero-order valence-electron chi connectivity index (χ0n) is 20.7. The highest BCUT2D eigenvalue weighted by Gasteiger charge is 2.30. The second kappa shape index (κ2) is 14.3. The van der Waals surface area contributed by atoms with Crippen molar-refractivity contribution in [3.8, 4) is 0 Å². The van der Waals surface area contributed by atoms with Crippen LogP contribution in [0.25, 0.3) is 0 Å². The van der Waals surface area contributed by atoms with Gasteiger partial charge in [0.2, 0.25) is 11.8 Å². The Bertz CT molecular complexity index is 1140. The minimum Gasteiger partial charge on any atom is -0.354 e. The summed E-state index contributed by atoms with van der Waals surface area (Å²) in [6.07, 6.45) is 1.26. The Morgan fingerprint density at radius 2 is 1.61 bits per heavy atom. The summed E-state index contributed by atoms with van der Waals surface area (Å²) in [4.78, 5) is 28.8. The molecule has 0 aliphatic rings. The first-order valence-electron chi connectivity index (χ1n) is 12.1. The lowest BCUT2D eigenvalue weighted by atomic mass is 10.0. The van der Waals surface area contributed by atoms with Crippen LogP contribution in [-0.4, -0.2) is 35.1 Å². The van der Waals surface area contributed by atoms with Crippen molar-refractivity contribution in [1.29, 1.82) is 0 Å². The molecular formula is C29H32Cl2N2O2S. The van der Waals surface area contributed by atoms with Gasteiger partial charge < -0.3 is 10.2 Å². The predicted molar refractivity (Wildman–Crippen MR) is 152 cm³/mol. The SMILES string of the molecule is CCCNC(=O)C(Cc1ccccc1)N(Cc1ccccc1C)C(=O)CSCc1c(Cl)cccc1Cl. The number of aryl methyl sites for hydroxylation is 1. The van der Waals surface area contributed by atoms with Crippen molar-refractivity contribution >= 4 is 46.8 Å². The van der Waals surface area contributed by atoms with Gasteiger partial charge in [-0.25, -0.2) is 0 Å². The van der Waals surface area contributed by atoms with E-state index in [1.54, 1.807) is 23.1 Å². The second-order valence-electron chi connectivity index (χ2n) is 8.64. The molecule has 7 heteroatoms. The number of carbonyl (C=O) groups excluding carboxylic acids is 2. The van der Waals surface area contributed by atoms with E-state index in [1.807, 2.05) is 68.4 Å². The normalized spacial score (nSPS) is 11.7. The van der Waals surface area contributed by atoms with Crippen molar-refractivity contribution in [2.45, 2.75) is 45.0 Å². The number of nitrogens with zero attached hydrogens (tertiary/aromatic N) is 1. The number of hydrogen-bond donors (Lipinski definition) is 1. The van der Waals surface area contributed by atoms with E-state index in [2.05, 4.69) is 5.32 Å². The second-order valence-corrected chi connectivity index (χ2v) is 10.4. The maximum Gasteiger partial charge on any atom is 0.243 e. The first kappa shape index (κ1) is 28.1. The van der Waals surface area contributed by atoms with Crippen LogP contribution in [0.2, 0.25) is 10.0 Å². The van der Waals surface area contributed by atoms with Crippen molar-refractivity contribution < 1.29 is 9.59 Å². The van der Waals surface area contributed by atoms with Crippen molar-refractivity contribution in [3.63, 3.8) is 0 Å². The van der Waals surface area contributed by atoms with E-state index in [4.69, 9.17) is 23.2 Å². The number of hydrogen-bond acceptors (Lipinski definition) is 3. The van der Waals surface area contributed by atoms with E-state index >= 15 is 0 Å². The van der Waals surface area contributed by atoms with Crippen LogP contribution < -0.4 is 5.32 Å². The highest BCUT2D eigenvalue weighted by molar-refractivity contribution is 7.99. The number of thioether (sulfide) groups is 1. The van der Waals surface area contributed by atoms with Crippen molar-refractivity contribution in [2.24, 2.45) is 0 Å². The van der Waals surface area contributed by atoms with Crippen molar-refractivity contribution in [3.05, 3.63) is 105 Å². The van der Waals surface area contributed by atoms with E-state index in [-0.39, 0.29) is 17.6 Å². The third-order valence-electron chi connectivity index (χ3n) is 5.96. The number of amides is 2. The molecule has 0 spiro atoms. The third kappa shape index (κ3) is 8.02. The first-order valence-corrected chi connectivity index (χ1v) is 14.0. The Balaban J connectivity index is 1.86. The lowest BCUT2D eigenvalue weighted by molar-refractivity contribution is -0.139. The quantitative estimate of drug-likeness (QED) is 0.277. The topological polar surface area (TPSA) is 49.4 Å². The lowest BCUT2D eigenvalue weighted by Gasteiger charge is -2.32. The van der Waals surface area contributed by atoms with Gasteiger partial charge in [-0.1, -0.05) is 90.8 Å². The average Bonchev–Trinajstić information content (AvgIpc) is 2.88. The molecule has 190 valence electrons. The van der Waals surface area contributed by atoms with Gasteiger partial charge in [0.15, 0.2) is 0 Å². The van der Waals surface area contributed by atoms with E-state index in [0.29, 0.717) is 35.3 Å². The number of nitrogens with one attached hydrogen (secondary N) is 1. The Labute approximate surface area is 228 Å². The molecule has 4 nitrogen and oxygen atoms in total. The molecule has 0 heterocycles. The Morgan fingerprint density at radius 1 is 0.944 bits per heavy atom. The molecule has 0 fully saturated rings. The standard InChI is InChI=1S/C29H32Cl2N2O2S/c1-3-16-32-29(35)27(17-22-11-5-4-6-12-22)33(18-23-13-8-7-10-21(23)2)28(34)20-36-19-24-25(30)14-9-15-26(24)31/h4-15,27H,3,16-20H2,1-2H3,(H,32,35). The van der Waals surface area contributed by atoms with Crippen LogP contribution >= 0.6 is 35.0 Å². The molecule has 0 saturated heterocycles. The van der Waals surface area contributed by atoms with Crippen LogP contribution in [-0.2, 0) is 28.3 Å². The molecule has 0 saturated carbocycles. The molecular weight excluding hydrogens is 511 g/mol. The largest absolute Gasteiger partial charge is 0.354 e. The number of benzene rings is 3. The summed E-state index contributed by atoms with van der Waals surface area (Å²) in [6.45, 7) is 4.96. The minimum absolute atomic E-state index is 0.0981. The predicted octanol–water partition coefficient (Wildman–Crippen LogP) is 6.70. The fraction of sp³-hybridized carbons (Fsp3) is 0.310. The molecule has 3 rings (SSSR count). The number of rotatable bonds is 12. The Kier molecular flexibility index (Phi) is 11.2. The highest BCUT2D eigenvalue weighted by atomic mass is 35.5. The summed E-state index contributed by atoms with van der Waals surface area (Å²) in [5.41, 5.74) is 3.92. The first-order chi connectivity index (χ1) is 17.4. The number of halogens is 2. The summed E-state index contributed by atoms with van der Waals surface area (Å²) in [7, 11) is 0. The van der Waals surface area contributed by atoms with Crippen LogP contribution in [0.3, 0.4) is 0 Å². The van der Waals surface area contributed by atoms with Gasteiger partial charge in [-0.05, 0) is 47.7 Å². The van der Waals surface area contributed by atoms with Gasteiger partial charge in [-0.2, -0.15) is 0 Å². The van der Waals surface area contributed by atoms with E-state index in [0.717, 1.165) is 28.7 Å². The monoisotopic (exact) mass is 542 g/mol. The summed E-state index contributed by atoms with van der Waals surface area (Å²) in [5.74, 6) is 0.481. The van der Waals surface area contributed by atoms with Crippen molar-refractivity contribution in [2.75, 3.05) is 12.3 Å². The molecule has 0 radical (unpaired) electrons. The van der Waals surface area contributed by atoms with Gasteiger partial charge >= 0.3 is 0 Å². The summed E-state index contributed by atoms with van der Waals surface area (Å²) in [5, 5.41) is 4.18. The minimum atomic E-state index is -0.629. The fourth-order valence-electron chi connectivity index (χ4n) is 3.88. The van der Waals surface area contributed by atoms with Crippen LogP contribution in [0.15, 0.2) is 72.8 Å². The molecule has 0 bridgehead atoms. The maximum absolute atomic E-state index is 13.7. The molecule has 2 amide bonds. The smallest absolute Gasteiger partial charge is 0.243 e. The summed E-state index contributed by atoms with van der Waals surface area (Å²) < 4.78 is 0. The van der Waals surface area contributed by atoms with Gasteiger partial charge in [-0.3, -0.25) is 9.59 Å². The van der Waals surface area contributed by atoms with Gasteiger partial charge in [0, 0.05) is 35.3 Å². The Morgan fingerprint density at radius 3 is 2.28 bits per heavy atom. The number of carbonyl (C=O) groups is 2. The Hall–Kier alpha value is -2.47. The van der Waals surface area contributed by atoms with E-state index < -0.39 is 6.04 Å². The van der Waals surface area contributed by atoms with E-state index in [9.17, 15) is 9.59 Å². The molecule has 1 unspecified atom stereocenters. The van der Waals surface area contributed by atoms with Crippen LogP contribution in [0.4, 0.5) is 0 Å². The van der Waals surface area contributed by atoms with E-state index in [1.165, 1.54) is 11.8 Å². The molecule has 36 heavy (non-hydrogen) atoms. The van der Waals surface area contributed by atoms with Gasteiger partial charge in [0.05, 0.1) is 5.75 Å². The molecule has 0 aliphatic heterocycles. The molecule has 0 aromatic heterocycles. The average molecular weight is 544 g/mol. The zero-order valence-corrected chi connectivity index (χ0v) is 23.0. The van der Waals surface area contributed by atoms with Crippen LogP contribution in [0.5, 0.6) is 0 Å². The third-order valence-corrected chi connectivity index (χ3v) is 7.61. The molecule has 3 aromatic rings. The zero-order chi connectivity index (χ0) is 25.9. The van der Waals surface area contributed by atoms with Crippen LogP contribution in [0, 0.1) is 6.92 Å². The highest BCUT2D eigenvalue weighted by Crippen LogP contribution is 2.28.